The van der Waals surface area contributed by atoms with Crippen molar-refractivity contribution >= 4 is 5.82 Å². The quantitative estimate of drug-likeness (QED) is 0.738. The van der Waals surface area contributed by atoms with Gasteiger partial charge in [-0.2, -0.15) is 5.10 Å². The molecule has 124 valence electrons. The van der Waals surface area contributed by atoms with Crippen molar-refractivity contribution in [3.05, 3.63) is 29.2 Å². The Labute approximate surface area is 135 Å². The molecule has 0 aromatic carbocycles. The number of rotatable bonds is 6. The molecule has 0 radical (unpaired) electrons. The van der Waals surface area contributed by atoms with Gasteiger partial charge in [0.25, 0.3) is 0 Å². The van der Waals surface area contributed by atoms with E-state index in [1.54, 1.807) is 7.11 Å². The molecule has 4 N–H and O–H groups in total. The van der Waals surface area contributed by atoms with Gasteiger partial charge in [0.2, 0.25) is 0 Å². The second-order valence-electron chi connectivity index (χ2n) is 6.10. The summed E-state index contributed by atoms with van der Waals surface area (Å²) in [5, 5.41) is 10.4. The van der Waals surface area contributed by atoms with Crippen molar-refractivity contribution in [3.63, 3.8) is 0 Å². The summed E-state index contributed by atoms with van der Waals surface area (Å²) in [6, 6.07) is 2.22. The number of nitrogens with two attached hydrogens (primary N) is 1. The van der Waals surface area contributed by atoms with Crippen LogP contribution in [0.1, 0.15) is 54.9 Å². The van der Waals surface area contributed by atoms with Crippen molar-refractivity contribution in [1.29, 1.82) is 0 Å². The summed E-state index contributed by atoms with van der Waals surface area (Å²) in [5.74, 6) is 3.34. The SMILES string of the molecule is COCc1nc(NC(C)c2n[nH]c(C)n2)cc(C2CC(N)C2)n1. The lowest BCUT2D eigenvalue weighted by atomic mass is 9.78. The summed E-state index contributed by atoms with van der Waals surface area (Å²) in [5.41, 5.74) is 6.92. The number of aromatic nitrogens is 5. The molecule has 1 aliphatic rings. The number of anilines is 1. The maximum absolute atomic E-state index is 5.90. The van der Waals surface area contributed by atoms with Crippen LogP contribution in [0.25, 0.3) is 0 Å². The van der Waals surface area contributed by atoms with Crippen molar-refractivity contribution in [3.8, 4) is 0 Å². The van der Waals surface area contributed by atoms with Gasteiger partial charge in [0.15, 0.2) is 11.6 Å². The Kier molecular flexibility index (Phi) is 4.53. The second-order valence-corrected chi connectivity index (χ2v) is 6.10. The zero-order valence-corrected chi connectivity index (χ0v) is 13.7. The molecule has 2 aromatic rings. The number of hydrogen-bond acceptors (Lipinski definition) is 7. The van der Waals surface area contributed by atoms with Crippen LogP contribution in [0.5, 0.6) is 0 Å². The number of ether oxygens (including phenoxy) is 1. The van der Waals surface area contributed by atoms with E-state index in [0.29, 0.717) is 24.2 Å². The minimum absolute atomic E-state index is 0.0539. The van der Waals surface area contributed by atoms with Gasteiger partial charge < -0.3 is 15.8 Å². The Balaban J connectivity index is 1.79. The summed E-state index contributed by atoms with van der Waals surface area (Å²) in [7, 11) is 1.64. The fraction of sp³-hybridized carbons (Fsp3) is 0.600. The van der Waals surface area contributed by atoms with E-state index < -0.39 is 0 Å². The Hall–Kier alpha value is -2.06. The van der Waals surface area contributed by atoms with Crippen molar-refractivity contribution in [2.24, 2.45) is 5.73 Å². The molecule has 0 spiro atoms. The molecule has 2 aromatic heterocycles. The van der Waals surface area contributed by atoms with Gasteiger partial charge in [-0.05, 0) is 26.7 Å². The smallest absolute Gasteiger partial charge is 0.172 e. The third-order valence-electron chi connectivity index (χ3n) is 4.02. The Bertz CT molecular complexity index is 666. The molecule has 2 heterocycles. The van der Waals surface area contributed by atoms with E-state index in [-0.39, 0.29) is 12.1 Å². The van der Waals surface area contributed by atoms with Gasteiger partial charge in [0, 0.05) is 30.8 Å². The molecule has 1 saturated carbocycles. The first-order valence-electron chi connectivity index (χ1n) is 7.83. The molecule has 0 aliphatic heterocycles. The highest BCUT2D eigenvalue weighted by Gasteiger charge is 2.29. The van der Waals surface area contributed by atoms with Crippen LogP contribution >= 0.6 is 0 Å². The number of aromatic amines is 1. The summed E-state index contributed by atoms with van der Waals surface area (Å²) >= 11 is 0. The van der Waals surface area contributed by atoms with Gasteiger partial charge in [-0.15, -0.1) is 0 Å². The van der Waals surface area contributed by atoms with Crippen molar-refractivity contribution in [2.75, 3.05) is 12.4 Å². The summed E-state index contributed by atoms with van der Waals surface area (Å²) < 4.78 is 5.18. The molecule has 0 amide bonds. The molecule has 1 fully saturated rings. The summed E-state index contributed by atoms with van der Waals surface area (Å²) in [6.07, 6.45) is 1.94. The number of H-pyrrole nitrogens is 1. The molecule has 1 aliphatic carbocycles. The van der Waals surface area contributed by atoms with E-state index >= 15 is 0 Å². The van der Waals surface area contributed by atoms with Gasteiger partial charge in [-0.1, -0.05) is 0 Å². The minimum atomic E-state index is -0.0539. The molecule has 3 rings (SSSR count). The maximum Gasteiger partial charge on any atom is 0.172 e. The standard InChI is InChI=1S/C15H23N7O/c1-8(15-18-9(2)21-22-15)17-13-6-12(10-4-11(16)5-10)19-14(20-13)7-23-3/h6,8,10-11H,4-5,7,16H2,1-3H3,(H,17,19,20)(H,18,21,22). The average Bonchev–Trinajstić information content (AvgIpc) is 2.91. The highest BCUT2D eigenvalue weighted by atomic mass is 16.5. The second kappa shape index (κ2) is 6.59. The van der Waals surface area contributed by atoms with Crippen LogP contribution in [-0.4, -0.2) is 38.3 Å². The first-order chi connectivity index (χ1) is 11.0. The Morgan fingerprint density at radius 2 is 2.17 bits per heavy atom. The van der Waals surface area contributed by atoms with Gasteiger partial charge in [-0.25, -0.2) is 15.0 Å². The molecule has 8 nitrogen and oxygen atoms in total. The van der Waals surface area contributed by atoms with Crippen molar-refractivity contribution < 1.29 is 4.74 Å². The molecule has 0 saturated heterocycles. The number of methoxy groups -OCH3 is 1. The Morgan fingerprint density at radius 1 is 1.39 bits per heavy atom. The van der Waals surface area contributed by atoms with E-state index in [9.17, 15) is 0 Å². The fourth-order valence-electron chi connectivity index (χ4n) is 2.74. The lowest BCUT2D eigenvalue weighted by Crippen LogP contribution is -2.35. The monoisotopic (exact) mass is 317 g/mol. The van der Waals surface area contributed by atoms with E-state index in [0.717, 1.165) is 30.2 Å². The lowest BCUT2D eigenvalue weighted by Gasteiger charge is -2.32. The van der Waals surface area contributed by atoms with Crippen molar-refractivity contribution in [2.45, 2.75) is 51.3 Å². The van der Waals surface area contributed by atoms with Crippen LogP contribution in [0, 0.1) is 6.92 Å². The van der Waals surface area contributed by atoms with Crippen LogP contribution in [0.3, 0.4) is 0 Å². The first-order valence-corrected chi connectivity index (χ1v) is 7.83. The van der Waals surface area contributed by atoms with Crippen molar-refractivity contribution in [1.82, 2.24) is 25.1 Å². The average molecular weight is 317 g/mol. The highest BCUT2D eigenvalue weighted by molar-refractivity contribution is 5.39. The lowest BCUT2D eigenvalue weighted by molar-refractivity contribution is 0.177. The molecular formula is C15H23N7O. The van der Waals surface area contributed by atoms with Crippen LogP contribution in [0.15, 0.2) is 6.07 Å². The summed E-state index contributed by atoms with van der Waals surface area (Å²) in [6.45, 7) is 4.26. The predicted molar refractivity (Wildman–Crippen MR) is 85.9 cm³/mol. The van der Waals surface area contributed by atoms with Gasteiger partial charge >= 0.3 is 0 Å². The minimum Gasteiger partial charge on any atom is -0.377 e. The predicted octanol–water partition coefficient (Wildman–Crippen LogP) is 1.43. The number of nitrogens with one attached hydrogen (secondary N) is 2. The van der Waals surface area contributed by atoms with E-state index in [4.69, 9.17) is 10.5 Å². The van der Waals surface area contributed by atoms with E-state index in [1.165, 1.54) is 0 Å². The van der Waals surface area contributed by atoms with Crippen LogP contribution in [0.2, 0.25) is 0 Å². The van der Waals surface area contributed by atoms with Crippen LogP contribution in [0.4, 0.5) is 5.82 Å². The van der Waals surface area contributed by atoms with E-state index in [2.05, 4.69) is 30.5 Å². The van der Waals surface area contributed by atoms with E-state index in [1.807, 2.05) is 19.9 Å². The molecule has 23 heavy (non-hydrogen) atoms. The number of aryl methyl sites for hydroxylation is 1. The third kappa shape index (κ3) is 3.65. The molecule has 1 atom stereocenters. The maximum atomic E-state index is 5.90. The Morgan fingerprint density at radius 3 is 2.78 bits per heavy atom. The first kappa shape index (κ1) is 15.8. The zero-order valence-electron chi connectivity index (χ0n) is 13.7. The van der Waals surface area contributed by atoms with Crippen LogP contribution in [-0.2, 0) is 11.3 Å². The number of nitrogens with zero attached hydrogens (tertiary/aromatic N) is 4. The number of hydrogen-bond donors (Lipinski definition) is 3. The normalized spacial score (nSPS) is 21.7. The van der Waals surface area contributed by atoms with Gasteiger partial charge in [0.05, 0.1) is 6.04 Å². The summed E-state index contributed by atoms with van der Waals surface area (Å²) in [4.78, 5) is 13.5. The zero-order chi connectivity index (χ0) is 16.4. The van der Waals surface area contributed by atoms with Gasteiger partial charge in [0.1, 0.15) is 18.2 Å². The molecule has 8 heteroatoms. The van der Waals surface area contributed by atoms with Gasteiger partial charge in [-0.3, -0.25) is 5.10 Å². The third-order valence-corrected chi connectivity index (χ3v) is 4.02. The largest absolute Gasteiger partial charge is 0.377 e. The molecule has 0 bridgehead atoms. The molecular weight excluding hydrogens is 294 g/mol. The topological polar surface area (TPSA) is 115 Å². The highest BCUT2D eigenvalue weighted by Crippen LogP contribution is 2.35. The fourth-order valence-corrected chi connectivity index (χ4v) is 2.74. The van der Waals surface area contributed by atoms with Crippen LogP contribution < -0.4 is 11.1 Å². The molecule has 1 unspecified atom stereocenters.